The molecule has 9 heteroatoms. The molecule has 0 atom stereocenters. The molecule has 0 fully saturated rings. The molecule has 0 aliphatic heterocycles. The van der Waals surface area contributed by atoms with Gasteiger partial charge in [-0.05, 0) is 32.9 Å². The van der Waals surface area contributed by atoms with E-state index in [0.717, 1.165) is 5.56 Å². The second-order valence-electron chi connectivity index (χ2n) is 5.42. The highest BCUT2D eigenvalue weighted by Crippen LogP contribution is 2.28. The van der Waals surface area contributed by atoms with Crippen LogP contribution < -0.4 is 16.2 Å². The molecule has 0 aliphatic carbocycles. The molecule has 0 saturated carbocycles. The first-order valence-corrected chi connectivity index (χ1v) is 7.27. The van der Waals surface area contributed by atoms with Crippen LogP contribution in [0.1, 0.15) is 29.8 Å². The number of benzene rings is 1. The van der Waals surface area contributed by atoms with Crippen molar-refractivity contribution in [1.29, 1.82) is 0 Å². The summed E-state index contributed by atoms with van der Waals surface area (Å²) in [6, 6.07) is 6.87. The number of nitro groups is 1. The van der Waals surface area contributed by atoms with Crippen LogP contribution in [0, 0.1) is 17.0 Å². The summed E-state index contributed by atoms with van der Waals surface area (Å²) in [6.45, 7) is 5.57. The molecule has 126 valence electrons. The first kappa shape index (κ1) is 17.1. The zero-order chi connectivity index (χ0) is 17.7. The highest BCUT2D eigenvalue weighted by Gasteiger charge is 2.23. The van der Waals surface area contributed by atoms with Crippen molar-refractivity contribution < 1.29 is 9.72 Å². The number of carbonyl (C=O) groups excluding carboxylic acids is 1. The Morgan fingerprint density at radius 2 is 1.79 bits per heavy atom. The monoisotopic (exact) mass is 330 g/mol. The van der Waals surface area contributed by atoms with Gasteiger partial charge in [-0.25, -0.2) is 9.97 Å². The first-order chi connectivity index (χ1) is 11.4. The summed E-state index contributed by atoms with van der Waals surface area (Å²) in [5.41, 5.74) is 6.00. The smallest absolute Gasteiger partial charge is 0.354 e. The number of aromatic nitrogens is 2. The van der Waals surface area contributed by atoms with Crippen molar-refractivity contribution in [3.63, 3.8) is 0 Å². The van der Waals surface area contributed by atoms with Gasteiger partial charge in [0.2, 0.25) is 11.6 Å². The number of carbonyl (C=O) groups is 1. The topological polar surface area (TPSA) is 122 Å². The molecule has 1 amide bonds. The Morgan fingerprint density at radius 3 is 2.38 bits per heavy atom. The number of hydrogen-bond acceptors (Lipinski definition) is 7. The van der Waals surface area contributed by atoms with Crippen molar-refractivity contribution >= 4 is 23.2 Å². The summed E-state index contributed by atoms with van der Waals surface area (Å²) in [4.78, 5) is 30.5. The van der Waals surface area contributed by atoms with Crippen molar-refractivity contribution in [3.05, 3.63) is 51.8 Å². The molecule has 0 aliphatic rings. The van der Waals surface area contributed by atoms with E-state index in [1.807, 2.05) is 20.8 Å². The highest BCUT2D eigenvalue weighted by molar-refractivity contribution is 5.95. The van der Waals surface area contributed by atoms with Crippen LogP contribution in [0.15, 0.2) is 30.6 Å². The summed E-state index contributed by atoms with van der Waals surface area (Å²) in [5.74, 6) is -0.447. The van der Waals surface area contributed by atoms with E-state index < -0.39 is 10.8 Å². The summed E-state index contributed by atoms with van der Waals surface area (Å²) in [5, 5.41) is 14.2. The lowest BCUT2D eigenvalue weighted by molar-refractivity contribution is -0.383. The molecule has 0 saturated heterocycles. The maximum absolute atomic E-state index is 12.1. The van der Waals surface area contributed by atoms with Crippen LogP contribution in [-0.4, -0.2) is 26.8 Å². The van der Waals surface area contributed by atoms with Gasteiger partial charge in [-0.1, -0.05) is 17.7 Å². The van der Waals surface area contributed by atoms with Gasteiger partial charge in [0.15, 0.2) is 0 Å². The molecular weight excluding hydrogens is 312 g/mol. The van der Waals surface area contributed by atoms with Gasteiger partial charge in [0.25, 0.3) is 5.91 Å². The van der Waals surface area contributed by atoms with Gasteiger partial charge in [-0.2, -0.15) is 0 Å². The van der Waals surface area contributed by atoms with E-state index in [2.05, 4.69) is 26.1 Å². The van der Waals surface area contributed by atoms with E-state index in [1.165, 1.54) is 6.33 Å². The van der Waals surface area contributed by atoms with Crippen molar-refractivity contribution in [2.75, 3.05) is 10.7 Å². The van der Waals surface area contributed by atoms with E-state index in [0.29, 0.717) is 5.56 Å². The van der Waals surface area contributed by atoms with Crippen molar-refractivity contribution in [1.82, 2.24) is 15.4 Å². The van der Waals surface area contributed by atoms with Crippen LogP contribution >= 0.6 is 0 Å². The number of aryl methyl sites for hydroxylation is 1. The van der Waals surface area contributed by atoms with Crippen LogP contribution in [0.4, 0.5) is 17.3 Å². The Balaban J connectivity index is 2.18. The fraction of sp³-hybridized carbons (Fsp3) is 0.267. The Kier molecular flexibility index (Phi) is 5.25. The number of hydrazine groups is 1. The molecular formula is C15H18N6O3. The van der Waals surface area contributed by atoms with Gasteiger partial charge < -0.3 is 5.32 Å². The molecule has 0 bridgehead atoms. The largest absolute Gasteiger partial charge is 0.362 e. The third-order valence-corrected chi connectivity index (χ3v) is 3.04. The van der Waals surface area contributed by atoms with Gasteiger partial charge in [-0.15, -0.1) is 0 Å². The Labute approximate surface area is 138 Å². The molecule has 1 aromatic heterocycles. The zero-order valence-corrected chi connectivity index (χ0v) is 13.5. The third-order valence-electron chi connectivity index (χ3n) is 3.04. The number of nitrogens with one attached hydrogen (secondary N) is 3. The lowest BCUT2D eigenvalue weighted by atomic mass is 10.1. The molecule has 2 rings (SSSR count). The van der Waals surface area contributed by atoms with Gasteiger partial charge in [0.1, 0.15) is 6.33 Å². The average molecular weight is 330 g/mol. The molecule has 24 heavy (non-hydrogen) atoms. The minimum absolute atomic E-state index is 0.0476. The van der Waals surface area contributed by atoms with E-state index in [1.54, 1.807) is 24.3 Å². The Hall–Kier alpha value is -3.23. The highest BCUT2D eigenvalue weighted by atomic mass is 16.6. The van der Waals surface area contributed by atoms with Crippen LogP contribution in [0.2, 0.25) is 0 Å². The molecule has 0 unspecified atom stereocenters. The van der Waals surface area contributed by atoms with Gasteiger partial charge in [-0.3, -0.25) is 25.8 Å². The van der Waals surface area contributed by atoms with Gasteiger partial charge in [0.05, 0.1) is 4.92 Å². The Bertz CT molecular complexity index is 745. The quantitative estimate of drug-likeness (QED) is 0.548. The van der Waals surface area contributed by atoms with Crippen molar-refractivity contribution in [2.45, 2.75) is 26.8 Å². The number of amides is 1. The molecule has 2 aromatic rings. The molecule has 3 N–H and O–H groups in total. The fourth-order valence-electron chi connectivity index (χ4n) is 1.92. The normalized spacial score (nSPS) is 10.3. The van der Waals surface area contributed by atoms with Crippen LogP contribution in [-0.2, 0) is 0 Å². The molecule has 0 radical (unpaired) electrons. The second kappa shape index (κ2) is 7.36. The first-order valence-electron chi connectivity index (χ1n) is 7.27. The molecule has 1 aromatic carbocycles. The van der Waals surface area contributed by atoms with Crippen LogP contribution in [0.25, 0.3) is 0 Å². The number of nitrogens with zero attached hydrogens (tertiary/aromatic N) is 3. The average Bonchev–Trinajstić information content (AvgIpc) is 2.52. The lowest BCUT2D eigenvalue weighted by Gasteiger charge is -2.12. The summed E-state index contributed by atoms with van der Waals surface area (Å²) in [6.07, 6.45) is 1.18. The van der Waals surface area contributed by atoms with E-state index in [-0.39, 0.29) is 23.4 Å². The van der Waals surface area contributed by atoms with Crippen molar-refractivity contribution in [3.8, 4) is 0 Å². The number of hydrogen-bond donors (Lipinski definition) is 3. The predicted octanol–water partition coefficient (Wildman–Crippen LogP) is 2.27. The SMILES string of the molecule is Cc1ccc(C(=O)NNc2ncnc(NC(C)C)c2[N+](=O)[O-])cc1. The standard InChI is InChI=1S/C15H18N6O3/c1-9(2)18-13-12(21(23)24)14(17-8-16-13)19-20-15(22)11-6-4-10(3)5-7-11/h4-9H,1-3H3,(H,20,22)(H2,16,17,18,19). The second-order valence-corrected chi connectivity index (χ2v) is 5.42. The van der Waals surface area contributed by atoms with Gasteiger partial charge >= 0.3 is 5.69 Å². The van der Waals surface area contributed by atoms with E-state index in [4.69, 9.17) is 0 Å². The Morgan fingerprint density at radius 1 is 1.17 bits per heavy atom. The van der Waals surface area contributed by atoms with Gasteiger partial charge in [0, 0.05) is 11.6 Å². The number of anilines is 2. The molecule has 9 nitrogen and oxygen atoms in total. The maximum atomic E-state index is 12.1. The van der Waals surface area contributed by atoms with Crippen LogP contribution in [0.5, 0.6) is 0 Å². The minimum Gasteiger partial charge on any atom is -0.362 e. The number of rotatable bonds is 6. The fourth-order valence-corrected chi connectivity index (χ4v) is 1.92. The summed E-state index contributed by atoms with van der Waals surface area (Å²) < 4.78 is 0. The molecule has 1 heterocycles. The third kappa shape index (κ3) is 4.15. The summed E-state index contributed by atoms with van der Waals surface area (Å²) in [7, 11) is 0. The van der Waals surface area contributed by atoms with Crippen molar-refractivity contribution in [2.24, 2.45) is 0 Å². The van der Waals surface area contributed by atoms with Crippen LogP contribution in [0.3, 0.4) is 0 Å². The lowest BCUT2D eigenvalue weighted by Crippen LogP contribution is -2.30. The predicted molar refractivity (Wildman–Crippen MR) is 89.7 cm³/mol. The zero-order valence-electron chi connectivity index (χ0n) is 13.5. The minimum atomic E-state index is -0.606. The van der Waals surface area contributed by atoms with E-state index in [9.17, 15) is 14.9 Å². The summed E-state index contributed by atoms with van der Waals surface area (Å²) >= 11 is 0. The maximum Gasteiger partial charge on any atom is 0.354 e. The van der Waals surface area contributed by atoms with E-state index >= 15 is 0 Å². The molecule has 0 spiro atoms.